The van der Waals surface area contributed by atoms with E-state index in [2.05, 4.69) is 20.9 Å². The predicted octanol–water partition coefficient (Wildman–Crippen LogP) is 5.29. The zero-order chi connectivity index (χ0) is 29.1. The van der Waals surface area contributed by atoms with Crippen LogP contribution in [0.2, 0.25) is 0 Å². The van der Waals surface area contributed by atoms with Crippen LogP contribution in [-0.4, -0.2) is 24.3 Å². The Morgan fingerprint density at radius 3 is 2.61 bits per heavy atom. The van der Waals surface area contributed by atoms with Gasteiger partial charge in [0.1, 0.15) is 23.9 Å². The molecule has 0 spiro atoms. The molecule has 1 aliphatic rings. The van der Waals surface area contributed by atoms with Crippen LogP contribution in [0.1, 0.15) is 36.6 Å². The highest BCUT2D eigenvalue weighted by Crippen LogP contribution is 2.35. The second-order valence-electron chi connectivity index (χ2n) is 9.11. The lowest BCUT2D eigenvalue weighted by atomic mass is 9.96. The number of aromatic nitrogens is 1. The normalized spacial score (nSPS) is 14.9. The van der Waals surface area contributed by atoms with Crippen LogP contribution in [0, 0.1) is 5.82 Å². The molecule has 0 N–H and O–H groups in total. The number of methoxy groups -OCH3 is 1. The maximum Gasteiger partial charge on any atom is 0.338 e. The van der Waals surface area contributed by atoms with Crippen LogP contribution in [0.4, 0.5) is 4.39 Å². The van der Waals surface area contributed by atoms with Gasteiger partial charge in [0.15, 0.2) is 4.80 Å². The summed E-state index contributed by atoms with van der Waals surface area (Å²) in [6.45, 7) is 3.68. The van der Waals surface area contributed by atoms with Gasteiger partial charge in [-0.15, -0.1) is 0 Å². The van der Waals surface area contributed by atoms with E-state index in [1.807, 2.05) is 30.3 Å². The molecule has 0 saturated carbocycles. The summed E-state index contributed by atoms with van der Waals surface area (Å²) in [7, 11) is 1.56. The van der Waals surface area contributed by atoms with Crippen LogP contribution >= 0.6 is 27.3 Å². The molecule has 0 radical (unpaired) electrons. The average molecular weight is 638 g/mol. The molecule has 0 aliphatic carbocycles. The van der Waals surface area contributed by atoms with Crippen LogP contribution < -0.4 is 24.4 Å². The Balaban J connectivity index is 1.62. The number of carbonyl (C=O) groups is 1. The molecular formula is C31H26BrFN2O5S. The van der Waals surface area contributed by atoms with Gasteiger partial charge in [-0.1, -0.05) is 53.8 Å². The van der Waals surface area contributed by atoms with Gasteiger partial charge in [-0.3, -0.25) is 9.36 Å². The van der Waals surface area contributed by atoms with Gasteiger partial charge in [0, 0.05) is 11.1 Å². The molecule has 1 aliphatic heterocycles. The Morgan fingerprint density at radius 2 is 1.88 bits per heavy atom. The lowest BCUT2D eigenvalue weighted by Crippen LogP contribution is -2.40. The van der Waals surface area contributed by atoms with Crippen LogP contribution in [0.3, 0.4) is 0 Å². The zero-order valence-electron chi connectivity index (χ0n) is 22.5. The monoisotopic (exact) mass is 636 g/mol. The van der Waals surface area contributed by atoms with Crippen molar-refractivity contribution in [1.82, 2.24) is 4.57 Å². The average Bonchev–Trinajstić information content (AvgIpc) is 3.26. The van der Waals surface area contributed by atoms with Gasteiger partial charge in [-0.25, -0.2) is 14.2 Å². The molecule has 10 heteroatoms. The number of para-hydroxylation sites is 1. The Kier molecular flexibility index (Phi) is 8.51. The fraction of sp³-hybridized carbons (Fsp3) is 0.194. The topological polar surface area (TPSA) is 79.1 Å². The number of thiazole rings is 1. The Labute approximate surface area is 248 Å². The van der Waals surface area contributed by atoms with Crippen LogP contribution in [0.5, 0.6) is 11.5 Å². The molecule has 0 amide bonds. The number of benzene rings is 3. The van der Waals surface area contributed by atoms with Gasteiger partial charge in [-0.2, -0.15) is 0 Å². The first-order valence-corrected chi connectivity index (χ1v) is 14.4. The maximum atomic E-state index is 14.1. The molecule has 2 heterocycles. The number of nitrogens with zero attached hydrogens (tertiary/aromatic N) is 2. The van der Waals surface area contributed by atoms with Crippen molar-refractivity contribution in [3.05, 3.63) is 125 Å². The van der Waals surface area contributed by atoms with Crippen LogP contribution in [0.25, 0.3) is 6.08 Å². The number of ether oxygens (including phenoxy) is 3. The SMILES string of the molecule is CCOC(=O)C1=C(C)N=c2s/c(=C/c3ccccc3OCc3ccccc3F)c(=O)n2[C@H]1c1ccc(OC)c(Br)c1. The van der Waals surface area contributed by atoms with Crippen molar-refractivity contribution in [3.8, 4) is 11.5 Å². The third-order valence-electron chi connectivity index (χ3n) is 6.56. The van der Waals surface area contributed by atoms with Crippen LogP contribution in [-0.2, 0) is 16.1 Å². The summed E-state index contributed by atoms with van der Waals surface area (Å²) in [5.74, 6) is 0.232. The minimum atomic E-state index is -0.762. The molecular weight excluding hydrogens is 611 g/mol. The minimum absolute atomic E-state index is 0.0349. The van der Waals surface area contributed by atoms with Gasteiger partial charge in [0.05, 0.1) is 40.0 Å². The third kappa shape index (κ3) is 5.75. The highest BCUT2D eigenvalue weighted by atomic mass is 79.9. The molecule has 0 unspecified atom stereocenters. The van der Waals surface area contributed by atoms with E-state index in [1.165, 1.54) is 22.0 Å². The molecule has 5 rings (SSSR count). The van der Waals surface area contributed by atoms with Gasteiger partial charge < -0.3 is 14.2 Å². The van der Waals surface area contributed by atoms with E-state index in [0.717, 1.165) is 0 Å². The molecule has 3 aromatic carbocycles. The molecule has 4 aromatic rings. The first-order valence-electron chi connectivity index (χ1n) is 12.8. The molecule has 0 saturated heterocycles. The maximum absolute atomic E-state index is 14.1. The minimum Gasteiger partial charge on any atom is -0.496 e. The van der Waals surface area contributed by atoms with E-state index in [4.69, 9.17) is 14.2 Å². The lowest BCUT2D eigenvalue weighted by Gasteiger charge is -2.25. The van der Waals surface area contributed by atoms with E-state index < -0.39 is 12.0 Å². The Bertz CT molecular complexity index is 1850. The number of rotatable bonds is 8. The molecule has 0 fully saturated rings. The van der Waals surface area contributed by atoms with Gasteiger partial charge in [0.2, 0.25) is 0 Å². The summed E-state index contributed by atoms with van der Waals surface area (Å²) in [6, 6.07) is 18.3. The summed E-state index contributed by atoms with van der Waals surface area (Å²) in [5, 5.41) is 0. The Morgan fingerprint density at radius 1 is 1.12 bits per heavy atom. The summed E-state index contributed by atoms with van der Waals surface area (Å²) in [6.07, 6.45) is 1.73. The third-order valence-corrected chi connectivity index (χ3v) is 8.16. The fourth-order valence-electron chi connectivity index (χ4n) is 4.60. The van der Waals surface area contributed by atoms with Crippen molar-refractivity contribution in [2.24, 2.45) is 4.99 Å². The molecule has 0 bridgehead atoms. The quantitative estimate of drug-likeness (QED) is 0.246. The van der Waals surface area contributed by atoms with Crippen LogP contribution in [0.15, 0.2) is 92.3 Å². The van der Waals surface area contributed by atoms with Gasteiger partial charge in [-0.05, 0) is 65.7 Å². The number of allylic oxidation sites excluding steroid dienone is 1. The van der Waals surface area contributed by atoms with E-state index in [9.17, 15) is 14.0 Å². The Hall–Kier alpha value is -4.02. The number of hydrogen-bond donors (Lipinski definition) is 0. The fourth-order valence-corrected chi connectivity index (χ4v) is 6.20. The first-order chi connectivity index (χ1) is 19.8. The molecule has 210 valence electrons. The van der Waals surface area contributed by atoms with Crippen molar-refractivity contribution < 1.29 is 23.4 Å². The second-order valence-corrected chi connectivity index (χ2v) is 11.0. The second kappa shape index (κ2) is 12.2. The van der Waals surface area contributed by atoms with Crippen molar-refractivity contribution >= 4 is 39.3 Å². The molecule has 1 aromatic heterocycles. The van der Waals surface area contributed by atoms with E-state index in [-0.39, 0.29) is 30.2 Å². The highest BCUT2D eigenvalue weighted by Gasteiger charge is 2.33. The summed E-state index contributed by atoms with van der Waals surface area (Å²) < 4.78 is 33.4. The number of halogens is 2. The summed E-state index contributed by atoms with van der Waals surface area (Å²) in [5.41, 5.74) is 2.21. The summed E-state index contributed by atoms with van der Waals surface area (Å²) >= 11 is 4.73. The number of esters is 1. The van der Waals surface area contributed by atoms with E-state index in [0.29, 0.717) is 47.7 Å². The van der Waals surface area contributed by atoms with Gasteiger partial charge >= 0.3 is 5.97 Å². The first kappa shape index (κ1) is 28.5. The largest absolute Gasteiger partial charge is 0.496 e. The van der Waals surface area contributed by atoms with Crippen molar-refractivity contribution in [2.45, 2.75) is 26.5 Å². The van der Waals surface area contributed by atoms with E-state index in [1.54, 1.807) is 57.4 Å². The van der Waals surface area contributed by atoms with E-state index >= 15 is 0 Å². The van der Waals surface area contributed by atoms with Crippen molar-refractivity contribution in [3.63, 3.8) is 0 Å². The highest BCUT2D eigenvalue weighted by molar-refractivity contribution is 9.10. The number of fused-ring (bicyclic) bond motifs is 1. The lowest BCUT2D eigenvalue weighted by molar-refractivity contribution is -0.139. The molecule has 1 atom stereocenters. The predicted molar refractivity (Wildman–Crippen MR) is 158 cm³/mol. The molecule has 41 heavy (non-hydrogen) atoms. The molecule has 7 nitrogen and oxygen atoms in total. The standard InChI is InChI=1S/C31H26BrFN2O5S/c1-4-39-30(37)27-18(2)34-31-35(28(27)20-13-14-25(38-3)22(32)15-20)29(36)26(41-31)16-19-9-6-8-12-24(19)40-17-21-10-5-7-11-23(21)33/h5-16,28H,4,17H2,1-3H3/b26-16+/t28-/m0/s1. The van der Waals surface area contributed by atoms with Crippen molar-refractivity contribution in [2.75, 3.05) is 13.7 Å². The van der Waals surface area contributed by atoms with Crippen molar-refractivity contribution in [1.29, 1.82) is 0 Å². The smallest absolute Gasteiger partial charge is 0.338 e. The summed E-state index contributed by atoms with van der Waals surface area (Å²) in [4.78, 5) is 32.2. The zero-order valence-corrected chi connectivity index (χ0v) is 24.9. The number of carbonyl (C=O) groups excluding carboxylic acids is 1. The number of hydrogen-bond acceptors (Lipinski definition) is 7. The van der Waals surface area contributed by atoms with Gasteiger partial charge in [0.25, 0.3) is 5.56 Å².